The first-order valence-corrected chi connectivity index (χ1v) is 22.6. The zero-order valence-electron chi connectivity index (χ0n) is 32.3. The van der Waals surface area contributed by atoms with E-state index in [4.69, 9.17) is 18.6 Å². The van der Waals surface area contributed by atoms with Gasteiger partial charge in [-0.2, -0.15) is 0 Å². The van der Waals surface area contributed by atoms with Gasteiger partial charge in [-0.3, -0.25) is 0 Å². The van der Waals surface area contributed by atoms with Gasteiger partial charge in [0, 0.05) is 26.1 Å². The molecule has 1 N–H and O–H groups in total. The SMILES string of the molecule is CC1(C)O[C@H]([C@H](O)CC#CCCCCCCCCCCCCCCCO[Si](C)(C)C(C)(C)C)[C@@H](CCCCCOCc2ccccc2)O1. The minimum atomic E-state index is -1.57. The number of aliphatic hydroxyl groups excluding tert-OH is 1. The van der Waals surface area contributed by atoms with Gasteiger partial charge in [0.05, 0.1) is 18.8 Å². The van der Waals surface area contributed by atoms with Gasteiger partial charge in [-0.25, -0.2) is 0 Å². The van der Waals surface area contributed by atoms with Gasteiger partial charge in [-0.1, -0.05) is 135 Å². The molecule has 1 aliphatic heterocycles. The summed E-state index contributed by atoms with van der Waals surface area (Å²) in [5.41, 5.74) is 1.21. The molecule has 1 aromatic rings. The molecule has 0 aromatic heterocycles. The highest BCUT2D eigenvalue weighted by molar-refractivity contribution is 6.74. The van der Waals surface area contributed by atoms with Crippen LogP contribution in [0.1, 0.15) is 162 Å². The zero-order chi connectivity index (χ0) is 35.1. The quantitative estimate of drug-likeness (QED) is 0.0597. The first kappa shape index (κ1) is 43.0. The topological polar surface area (TPSA) is 57.2 Å². The van der Waals surface area contributed by atoms with Gasteiger partial charge in [0.25, 0.3) is 0 Å². The summed E-state index contributed by atoms with van der Waals surface area (Å²) in [5, 5.41) is 11.2. The van der Waals surface area contributed by atoms with Crippen molar-refractivity contribution in [1.82, 2.24) is 0 Å². The van der Waals surface area contributed by atoms with E-state index < -0.39 is 20.2 Å². The van der Waals surface area contributed by atoms with E-state index in [1.165, 1.54) is 82.6 Å². The molecule has 0 spiro atoms. The summed E-state index contributed by atoms with van der Waals surface area (Å²) in [7, 11) is -1.57. The van der Waals surface area contributed by atoms with E-state index >= 15 is 0 Å². The second-order valence-corrected chi connectivity index (χ2v) is 20.9. The van der Waals surface area contributed by atoms with Gasteiger partial charge in [0.1, 0.15) is 6.10 Å². The smallest absolute Gasteiger partial charge is 0.191 e. The Balaban J connectivity index is 1.41. The highest BCUT2D eigenvalue weighted by Crippen LogP contribution is 2.36. The molecule has 0 unspecified atom stereocenters. The van der Waals surface area contributed by atoms with Crippen LogP contribution < -0.4 is 0 Å². The molecule has 1 aliphatic rings. The molecule has 0 radical (unpaired) electrons. The molecular weight excluding hydrogens is 613 g/mol. The number of aliphatic hydroxyl groups is 1. The lowest BCUT2D eigenvalue weighted by atomic mass is 10.00. The summed E-state index contributed by atoms with van der Waals surface area (Å²) in [4.78, 5) is 0. The maximum Gasteiger partial charge on any atom is 0.191 e. The summed E-state index contributed by atoms with van der Waals surface area (Å²) in [6.45, 7) is 17.9. The van der Waals surface area contributed by atoms with E-state index in [9.17, 15) is 5.11 Å². The van der Waals surface area contributed by atoms with E-state index in [0.717, 1.165) is 51.7 Å². The molecule has 1 fully saturated rings. The van der Waals surface area contributed by atoms with Crippen LogP contribution >= 0.6 is 0 Å². The van der Waals surface area contributed by atoms with Crippen LogP contribution in [0.2, 0.25) is 18.1 Å². The number of hydrogen-bond acceptors (Lipinski definition) is 5. The Hall–Kier alpha value is -1.20. The van der Waals surface area contributed by atoms with Crippen molar-refractivity contribution in [2.75, 3.05) is 13.2 Å². The molecule has 1 saturated heterocycles. The van der Waals surface area contributed by atoms with Crippen LogP contribution in [0.15, 0.2) is 30.3 Å². The van der Waals surface area contributed by atoms with Crippen molar-refractivity contribution in [2.45, 2.75) is 205 Å². The van der Waals surface area contributed by atoms with Crippen LogP contribution in [-0.4, -0.2) is 50.7 Å². The Kier molecular flexibility index (Phi) is 21.5. The van der Waals surface area contributed by atoms with Crippen LogP contribution in [0.4, 0.5) is 0 Å². The van der Waals surface area contributed by atoms with Crippen molar-refractivity contribution in [3.8, 4) is 11.8 Å². The van der Waals surface area contributed by atoms with Crippen molar-refractivity contribution in [1.29, 1.82) is 0 Å². The third kappa shape index (κ3) is 19.3. The third-order valence-electron chi connectivity index (χ3n) is 10.1. The minimum absolute atomic E-state index is 0.0926. The lowest BCUT2D eigenvalue weighted by molar-refractivity contribution is -0.155. The average Bonchev–Trinajstić information content (AvgIpc) is 3.35. The highest BCUT2D eigenvalue weighted by Gasteiger charge is 2.44. The Bertz CT molecular complexity index is 993. The molecule has 1 heterocycles. The Morgan fingerprint density at radius 3 is 1.90 bits per heavy atom. The number of rotatable bonds is 26. The Morgan fingerprint density at radius 2 is 1.29 bits per heavy atom. The fourth-order valence-electron chi connectivity index (χ4n) is 6.09. The molecule has 1 aromatic carbocycles. The van der Waals surface area contributed by atoms with Crippen molar-refractivity contribution in [3.05, 3.63) is 35.9 Å². The zero-order valence-corrected chi connectivity index (χ0v) is 33.3. The van der Waals surface area contributed by atoms with Crippen molar-refractivity contribution >= 4 is 8.32 Å². The Labute approximate surface area is 297 Å². The molecule has 276 valence electrons. The predicted molar refractivity (Wildman–Crippen MR) is 205 cm³/mol. The molecule has 0 saturated carbocycles. The molecule has 5 nitrogen and oxygen atoms in total. The van der Waals surface area contributed by atoms with Crippen LogP contribution in [-0.2, 0) is 25.2 Å². The molecule has 6 heteroatoms. The fraction of sp³-hybridized carbons (Fsp3) is 0.810. The Morgan fingerprint density at radius 1 is 0.750 bits per heavy atom. The van der Waals surface area contributed by atoms with Crippen LogP contribution in [0.3, 0.4) is 0 Å². The average molecular weight is 687 g/mol. The number of ether oxygens (including phenoxy) is 3. The first-order valence-electron chi connectivity index (χ1n) is 19.7. The summed E-state index contributed by atoms with van der Waals surface area (Å²) in [5.74, 6) is 5.85. The normalized spacial score (nSPS) is 18.5. The fourth-order valence-corrected chi connectivity index (χ4v) is 7.18. The minimum Gasteiger partial charge on any atom is -0.417 e. The molecule has 48 heavy (non-hydrogen) atoms. The predicted octanol–water partition coefficient (Wildman–Crippen LogP) is 11.5. The summed E-state index contributed by atoms with van der Waals surface area (Å²) in [6.07, 6.45) is 21.6. The maximum absolute atomic E-state index is 10.9. The van der Waals surface area contributed by atoms with E-state index in [2.05, 4.69) is 57.8 Å². The molecule has 2 rings (SSSR count). The van der Waals surface area contributed by atoms with Crippen LogP contribution in [0, 0.1) is 11.8 Å². The van der Waals surface area contributed by atoms with E-state index in [0.29, 0.717) is 18.1 Å². The van der Waals surface area contributed by atoms with Crippen molar-refractivity contribution in [2.24, 2.45) is 0 Å². The van der Waals surface area contributed by atoms with Gasteiger partial charge >= 0.3 is 0 Å². The lowest BCUT2D eigenvalue weighted by Gasteiger charge is -2.36. The summed E-state index contributed by atoms with van der Waals surface area (Å²) >= 11 is 0. The molecule has 0 aliphatic carbocycles. The second kappa shape index (κ2) is 24.1. The van der Waals surface area contributed by atoms with Crippen LogP contribution in [0.25, 0.3) is 0 Å². The summed E-state index contributed by atoms with van der Waals surface area (Å²) in [6, 6.07) is 10.3. The number of benzene rings is 1. The number of unbranched alkanes of at least 4 members (excludes halogenated alkanes) is 15. The molecule has 0 bridgehead atoms. The monoisotopic (exact) mass is 687 g/mol. The molecule has 3 atom stereocenters. The van der Waals surface area contributed by atoms with Gasteiger partial charge < -0.3 is 23.7 Å². The number of hydrogen-bond donors (Lipinski definition) is 1. The maximum atomic E-state index is 10.9. The molecule has 0 amide bonds. The van der Waals surface area contributed by atoms with E-state index in [1.54, 1.807) is 0 Å². The highest BCUT2D eigenvalue weighted by atomic mass is 28.4. The second-order valence-electron chi connectivity index (χ2n) is 16.1. The van der Waals surface area contributed by atoms with Crippen LogP contribution in [0.5, 0.6) is 0 Å². The van der Waals surface area contributed by atoms with Crippen molar-refractivity contribution in [3.63, 3.8) is 0 Å². The molecular formula is C42H74O5Si. The third-order valence-corrected chi connectivity index (χ3v) is 14.7. The standard InChI is InChI=1S/C42H74O5Si/c1-41(2,3)48(6,7)45-35-29-21-19-17-15-13-11-9-8-10-12-14-16-18-20-26-32-38(43)40-39(46-42(4,5)47-40)33-27-23-28-34-44-36-37-30-24-22-25-31-37/h22,24-25,30-31,38-40,43H,8-19,21,23,27-29,32-36H2,1-7H3/t38-,39-,40-/m1/s1. The van der Waals surface area contributed by atoms with Gasteiger partial charge in [-0.15, -0.1) is 11.8 Å². The van der Waals surface area contributed by atoms with Gasteiger partial charge in [0.2, 0.25) is 0 Å². The van der Waals surface area contributed by atoms with Gasteiger partial charge in [0.15, 0.2) is 14.1 Å². The first-order chi connectivity index (χ1) is 22.9. The van der Waals surface area contributed by atoms with E-state index in [1.807, 2.05) is 32.0 Å². The van der Waals surface area contributed by atoms with Gasteiger partial charge in [-0.05, 0) is 63.2 Å². The summed E-state index contributed by atoms with van der Waals surface area (Å²) < 4.78 is 24.4. The largest absolute Gasteiger partial charge is 0.417 e. The lowest BCUT2D eigenvalue weighted by Crippen LogP contribution is -2.40. The van der Waals surface area contributed by atoms with E-state index in [-0.39, 0.29) is 12.2 Å². The van der Waals surface area contributed by atoms with Crippen molar-refractivity contribution < 1.29 is 23.7 Å².